The number of pyridine rings is 1. The minimum absolute atomic E-state index is 0.171. The van der Waals surface area contributed by atoms with Crippen molar-refractivity contribution in [2.24, 2.45) is 5.41 Å². The van der Waals surface area contributed by atoms with Crippen molar-refractivity contribution < 1.29 is 9.53 Å². The number of hydrogen-bond acceptors (Lipinski definition) is 7. The Bertz CT molecular complexity index is 1490. The molecular weight excluding hydrogens is 474 g/mol. The lowest BCUT2D eigenvalue weighted by molar-refractivity contribution is -0.0452. The molecule has 2 aliphatic heterocycles. The second-order valence-electron chi connectivity index (χ2n) is 11.8. The van der Waals surface area contributed by atoms with Crippen LogP contribution in [0.25, 0.3) is 27.3 Å². The number of anilines is 1. The standard InChI is InChI=1S/C26H33N7O2S/c1-14(2)18-19(17-8-33-21(27-13-28-33)16(4)15(17)3)29-22-20(18)30-23(36-22)31-9-26(10-31)11-32(12-26)24(34)35-25(5,6)7/h8,13-14,29H,9-12H2,1-7H3. The summed E-state index contributed by atoms with van der Waals surface area (Å²) < 4.78 is 7.37. The minimum atomic E-state index is -0.460. The second-order valence-corrected chi connectivity index (χ2v) is 12.7. The molecule has 10 heteroatoms. The van der Waals surface area contributed by atoms with Gasteiger partial charge in [0.1, 0.15) is 22.3 Å². The summed E-state index contributed by atoms with van der Waals surface area (Å²) >= 11 is 1.71. The molecule has 1 amide bonds. The lowest BCUT2D eigenvalue weighted by Gasteiger charge is -2.59. The number of nitrogens with zero attached hydrogens (tertiary/aromatic N) is 6. The number of aromatic amines is 1. The van der Waals surface area contributed by atoms with Crippen LogP contribution in [0.1, 0.15) is 57.2 Å². The van der Waals surface area contributed by atoms with Crippen LogP contribution in [0.15, 0.2) is 12.5 Å². The van der Waals surface area contributed by atoms with Crippen molar-refractivity contribution in [3.63, 3.8) is 0 Å². The van der Waals surface area contributed by atoms with Gasteiger partial charge in [-0.2, -0.15) is 5.10 Å². The molecule has 2 aliphatic rings. The molecule has 0 bridgehead atoms. The van der Waals surface area contributed by atoms with E-state index in [2.05, 4.69) is 53.9 Å². The zero-order valence-electron chi connectivity index (χ0n) is 22.0. The number of rotatable bonds is 3. The van der Waals surface area contributed by atoms with Gasteiger partial charge in [-0.1, -0.05) is 25.2 Å². The Balaban J connectivity index is 1.24. The molecule has 1 spiro atoms. The Morgan fingerprint density at radius 1 is 1.17 bits per heavy atom. The van der Waals surface area contributed by atoms with Gasteiger partial charge in [-0.25, -0.2) is 19.3 Å². The third kappa shape index (κ3) is 3.56. The smallest absolute Gasteiger partial charge is 0.410 e. The van der Waals surface area contributed by atoms with E-state index in [4.69, 9.17) is 9.72 Å². The highest BCUT2D eigenvalue weighted by molar-refractivity contribution is 7.21. The normalized spacial score (nSPS) is 17.3. The van der Waals surface area contributed by atoms with E-state index in [0.717, 1.165) is 64.1 Å². The number of H-pyrrole nitrogens is 1. The largest absolute Gasteiger partial charge is 0.444 e. The maximum absolute atomic E-state index is 12.3. The highest BCUT2D eigenvalue weighted by Gasteiger charge is 2.54. The third-order valence-corrected chi connectivity index (χ3v) is 8.41. The van der Waals surface area contributed by atoms with E-state index < -0.39 is 5.60 Å². The summed E-state index contributed by atoms with van der Waals surface area (Å²) in [7, 11) is 0. The molecule has 190 valence electrons. The average molecular weight is 508 g/mol. The van der Waals surface area contributed by atoms with Crippen LogP contribution in [-0.2, 0) is 4.74 Å². The number of nitrogens with one attached hydrogen (secondary N) is 1. The predicted molar refractivity (Wildman–Crippen MR) is 142 cm³/mol. The number of hydrogen-bond donors (Lipinski definition) is 1. The maximum Gasteiger partial charge on any atom is 0.410 e. The van der Waals surface area contributed by atoms with E-state index in [1.807, 2.05) is 30.2 Å². The van der Waals surface area contributed by atoms with Crippen LogP contribution >= 0.6 is 11.3 Å². The number of carbonyl (C=O) groups is 1. The monoisotopic (exact) mass is 507 g/mol. The number of likely N-dealkylation sites (tertiary alicyclic amines) is 1. The van der Waals surface area contributed by atoms with Gasteiger partial charge in [0.05, 0.1) is 5.69 Å². The Kier molecular flexibility index (Phi) is 4.96. The Labute approximate surface area is 214 Å². The van der Waals surface area contributed by atoms with Gasteiger partial charge in [-0.3, -0.25) is 0 Å². The molecule has 0 radical (unpaired) electrons. The fraction of sp³-hybridized carbons (Fsp3) is 0.538. The van der Waals surface area contributed by atoms with Crippen LogP contribution in [-0.4, -0.2) is 67.3 Å². The number of amides is 1. The van der Waals surface area contributed by atoms with E-state index in [0.29, 0.717) is 5.92 Å². The van der Waals surface area contributed by atoms with Crippen LogP contribution in [0.5, 0.6) is 0 Å². The number of thiazole rings is 1. The highest BCUT2D eigenvalue weighted by Crippen LogP contribution is 2.46. The number of aromatic nitrogens is 5. The van der Waals surface area contributed by atoms with Gasteiger partial charge in [0, 0.05) is 48.9 Å². The first-order chi connectivity index (χ1) is 16.9. The van der Waals surface area contributed by atoms with Crippen molar-refractivity contribution >= 4 is 38.6 Å². The van der Waals surface area contributed by atoms with Gasteiger partial charge in [-0.15, -0.1) is 0 Å². The first-order valence-corrected chi connectivity index (χ1v) is 13.3. The summed E-state index contributed by atoms with van der Waals surface area (Å²) in [5, 5.41) is 5.43. The van der Waals surface area contributed by atoms with Gasteiger partial charge in [-0.05, 0) is 51.7 Å². The maximum atomic E-state index is 12.3. The molecule has 0 atom stereocenters. The van der Waals surface area contributed by atoms with Gasteiger partial charge >= 0.3 is 6.09 Å². The Hall–Kier alpha value is -3.14. The average Bonchev–Trinajstić information content (AvgIpc) is 3.40. The molecule has 2 fully saturated rings. The summed E-state index contributed by atoms with van der Waals surface area (Å²) in [5.74, 6) is 0.312. The van der Waals surface area contributed by atoms with Crippen LogP contribution in [0.2, 0.25) is 0 Å². The lowest BCUT2D eigenvalue weighted by atomic mass is 9.73. The van der Waals surface area contributed by atoms with E-state index in [1.54, 1.807) is 17.7 Å². The summed E-state index contributed by atoms with van der Waals surface area (Å²) in [4.78, 5) is 30.8. The number of aryl methyl sites for hydroxylation is 1. The van der Waals surface area contributed by atoms with Crippen molar-refractivity contribution in [2.45, 2.75) is 60.0 Å². The number of fused-ring (bicyclic) bond motifs is 2. The summed E-state index contributed by atoms with van der Waals surface area (Å²) in [6.45, 7) is 17.8. The summed E-state index contributed by atoms with van der Waals surface area (Å²) in [6, 6.07) is 0. The summed E-state index contributed by atoms with van der Waals surface area (Å²) in [6.07, 6.45) is 3.46. The number of ether oxygens (including phenoxy) is 1. The molecule has 4 aromatic heterocycles. The molecule has 0 aliphatic carbocycles. The van der Waals surface area contributed by atoms with Crippen molar-refractivity contribution in [3.8, 4) is 11.3 Å². The van der Waals surface area contributed by atoms with E-state index in [1.165, 1.54) is 11.1 Å². The third-order valence-electron chi connectivity index (χ3n) is 7.38. The summed E-state index contributed by atoms with van der Waals surface area (Å²) in [5.41, 5.74) is 7.50. The van der Waals surface area contributed by atoms with Gasteiger partial charge in [0.2, 0.25) is 0 Å². The zero-order chi connectivity index (χ0) is 25.6. The Morgan fingerprint density at radius 2 is 1.89 bits per heavy atom. The molecule has 0 saturated carbocycles. The van der Waals surface area contributed by atoms with Gasteiger partial charge in [0.25, 0.3) is 0 Å². The molecule has 36 heavy (non-hydrogen) atoms. The van der Waals surface area contributed by atoms with Gasteiger partial charge < -0.3 is 19.5 Å². The van der Waals surface area contributed by atoms with Gasteiger partial charge in [0.15, 0.2) is 10.8 Å². The van der Waals surface area contributed by atoms with Crippen LogP contribution in [0, 0.1) is 19.3 Å². The molecule has 2 saturated heterocycles. The molecule has 0 aromatic carbocycles. The van der Waals surface area contributed by atoms with Crippen LogP contribution in [0.3, 0.4) is 0 Å². The van der Waals surface area contributed by atoms with Crippen molar-refractivity contribution in [3.05, 3.63) is 29.2 Å². The first kappa shape index (κ1) is 23.3. The quantitative estimate of drug-likeness (QED) is 0.413. The number of carbonyl (C=O) groups excluding carboxylic acids is 1. The fourth-order valence-corrected chi connectivity index (χ4v) is 6.54. The fourth-order valence-electron chi connectivity index (χ4n) is 5.56. The molecule has 6 rings (SSSR count). The minimum Gasteiger partial charge on any atom is -0.444 e. The predicted octanol–water partition coefficient (Wildman–Crippen LogP) is 5.13. The van der Waals surface area contributed by atoms with E-state index in [-0.39, 0.29) is 11.5 Å². The topological polar surface area (TPSA) is 91.7 Å². The highest BCUT2D eigenvalue weighted by atomic mass is 32.1. The first-order valence-electron chi connectivity index (χ1n) is 12.5. The van der Waals surface area contributed by atoms with Crippen LogP contribution in [0.4, 0.5) is 9.93 Å². The molecule has 6 heterocycles. The lowest BCUT2D eigenvalue weighted by Crippen LogP contribution is -2.73. The SMILES string of the molecule is Cc1c(-c2[nH]c3sc(N4CC5(CN(C(=O)OC(C)(C)C)C5)C4)nc3c2C(C)C)cn2ncnc2c1C. The van der Waals surface area contributed by atoms with E-state index in [9.17, 15) is 4.79 Å². The van der Waals surface area contributed by atoms with E-state index >= 15 is 0 Å². The van der Waals surface area contributed by atoms with Crippen molar-refractivity contribution in [2.75, 3.05) is 31.1 Å². The second kappa shape index (κ2) is 7.68. The van der Waals surface area contributed by atoms with Crippen molar-refractivity contribution in [1.29, 1.82) is 0 Å². The molecule has 0 unspecified atom stereocenters. The van der Waals surface area contributed by atoms with Crippen molar-refractivity contribution in [1.82, 2.24) is 29.5 Å². The zero-order valence-corrected chi connectivity index (χ0v) is 22.8. The Morgan fingerprint density at radius 3 is 2.56 bits per heavy atom. The molecule has 4 aromatic rings. The molecular formula is C26H33N7O2S. The molecule has 1 N–H and O–H groups in total. The molecule has 9 nitrogen and oxygen atoms in total. The van der Waals surface area contributed by atoms with Crippen LogP contribution < -0.4 is 4.90 Å².